The molecule has 0 aromatic heterocycles. The Bertz CT molecular complexity index is 1360. The molecule has 40 heavy (non-hydrogen) atoms. The number of nitrogens with zero attached hydrogens (tertiary/aromatic N) is 1. The Labute approximate surface area is 242 Å². The second-order valence-corrected chi connectivity index (χ2v) is 13.7. The molecule has 5 rings (SSSR count). The number of hydrogen-bond acceptors (Lipinski definition) is 6. The molecule has 2 heterocycles. The Kier molecular flexibility index (Phi) is 9.08. The van der Waals surface area contributed by atoms with E-state index in [2.05, 4.69) is 9.62 Å². The van der Waals surface area contributed by atoms with Crippen LogP contribution in [0, 0.1) is 11.8 Å². The molecular formula is C31H39ClN2O5S. The predicted molar refractivity (Wildman–Crippen MR) is 158 cm³/mol. The number of ether oxygens (including phenoxy) is 1. The number of carbonyl (C=O) groups excluding carboxylic acids is 1. The maximum Gasteiger partial charge on any atom is 0.264 e. The summed E-state index contributed by atoms with van der Waals surface area (Å²) in [7, 11) is -3.87. The van der Waals surface area contributed by atoms with Crippen molar-refractivity contribution in [2.45, 2.75) is 76.3 Å². The number of benzene rings is 2. The molecule has 1 fully saturated rings. The highest BCUT2D eigenvalue weighted by Gasteiger charge is 2.37. The van der Waals surface area contributed by atoms with Crippen LogP contribution in [0.2, 0.25) is 5.02 Å². The van der Waals surface area contributed by atoms with Gasteiger partial charge in [0.1, 0.15) is 12.4 Å². The van der Waals surface area contributed by atoms with E-state index in [0.29, 0.717) is 42.6 Å². The number of aliphatic hydroxyl groups is 1. The van der Waals surface area contributed by atoms with Gasteiger partial charge in [-0.1, -0.05) is 36.7 Å². The largest absolute Gasteiger partial charge is 0.487 e. The standard InChI is InChI=1S/C31H39ClN2O5S/c1-2-26-8-3-4-9-29(35)27-14-11-23(27)19-34-16-6-5-7-21-17-25(32)13-10-24(21)20-39-30-15-12-22(18-28(30)34)31(36)33-40(26,37)38/h4,9-10,12-13,15,17-18,23,26-27,29,35H,2-3,5-8,11,14,16,19-20H2,1H3,(H,33,36)/b9-4+/t23-,26+,27+,29+/m0/s1. The summed E-state index contributed by atoms with van der Waals surface area (Å²) in [6.07, 6.45) is 9.22. The van der Waals surface area contributed by atoms with Crippen molar-refractivity contribution in [3.05, 3.63) is 70.3 Å². The fourth-order valence-corrected chi connectivity index (χ4v) is 7.77. The number of amides is 1. The van der Waals surface area contributed by atoms with Gasteiger partial charge in [-0.2, -0.15) is 0 Å². The van der Waals surface area contributed by atoms with Crippen LogP contribution < -0.4 is 14.4 Å². The van der Waals surface area contributed by atoms with E-state index in [0.717, 1.165) is 56.4 Å². The van der Waals surface area contributed by atoms with Crippen molar-refractivity contribution < 1.29 is 23.1 Å². The molecule has 2 aromatic carbocycles. The summed E-state index contributed by atoms with van der Waals surface area (Å²) in [5.41, 5.74) is 3.31. The van der Waals surface area contributed by atoms with Crippen LogP contribution in [0.5, 0.6) is 5.75 Å². The first-order valence-electron chi connectivity index (χ1n) is 14.4. The van der Waals surface area contributed by atoms with Crippen LogP contribution in [0.3, 0.4) is 0 Å². The molecular weight excluding hydrogens is 548 g/mol. The highest BCUT2D eigenvalue weighted by atomic mass is 35.5. The Morgan fingerprint density at radius 1 is 1.10 bits per heavy atom. The lowest BCUT2D eigenvalue weighted by molar-refractivity contribution is 0.0461. The summed E-state index contributed by atoms with van der Waals surface area (Å²) in [6, 6.07) is 11.0. The number of hydrogen-bond donors (Lipinski definition) is 2. The van der Waals surface area contributed by atoms with Gasteiger partial charge in [0.15, 0.2) is 0 Å². The third-order valence-corrected chi connectivity index (χ3v) is 10.9. The molecule has 1 aliphatic carbocycles. The summed E-state index contributed by atoms with van der Waals surface area (Å²) in [5, 5.41) is 11.0. The van der Waals surface area contributed by atoms with Crippen molar-refractivity contribution in [1.82, 2.24) is 4.72 Å². The van der Waals surface area contributed by atoms with E-state index in [4.69, 9.17) is 16.3 Å². The SMILES string of the molecule is CC[C@@H]1CC/C=C/[C@@H](O)[C@@H]2CC[C@H]2CN2CCCCc3cc(Cl)ccc3COc3ccc(cc32)C(=O)NS1(=O)=O. The second kappa shape index (κ2) is 12.5. The molecule has 7 nitrogen and oxygen atoms in total. The molecule has 0 spiro atoms. The maximum atomic E-state index is 13.3. The van der Waals surface area contributed by atoms with Crippen molar-refractivity contribution in [2.24, 2.45) is 11.8 Å². The highest BCUT2D eigenvalue weighted by molar-refractivity contribution is 7.90. The number of rotatable bonds is 1. The number of aliphatic hydroxyl groups excluding tert-OH is 1. The number of sulfonamides is 1. The van der Waals surface area contributed by atoms with Gasteiger partial charge in [-0.15, -0.1) is 0 Å². The molecule has 9 heteroatoms. The Hall–Kier alpha value is -2.55. The smallest absolute Gasteiger partial charge is 0.264 e. The zero-order valence-electron chi connectivity index (χ0n) is 23.0. The number of carbonyl (C=O) groups is 1. The molecule has 2 N–H and O–H groups in total. The van der Waals surface area contributed by atoms with Crippen LogP contribution >= 0.6 is 11.6 Å². The van der Waals surface area contributed by atoms with E-state index >= 15 is 0 Å². The van der Waals surface area contributed by atoms with Crippen molar-refractivity contribution in [2.75, 3.05) is 18.0 Å². The quantitative estimate of drug-likeness (QED) is 0.420. The molecule has 2 aromatic rings. The molecule has 0 unspecified atom stereocenters. The van der Waals surface area contributed by atoms with Crippen LogP contribution in [0.1, 0.15) is 73.4 Å². The Morgan fingerprint density at radius 2 is 1.95 bits per heavy atom. The fraction of sp³-hybridized carbons (Fsp3) is 0.516. The molecule has 2 bridgehead atoms. The first-order chi connectivity index (χ1) is 19.2. The van der Waals surface area contributed by atoms with E-state index in [1.54, 1.807) is 18.2 Å². The van der Waals surface area contributed by atoms with Gasteiger partial charge in [0.25, 0.3) is 5.91 Å². The molecule has 1 amide bonds. The number of aryl methyl sites for hydroxylation is 1. The summed E-state index contributed by atoms with van der Waals surface area (Å²) >= 11 is 6.29. The third-order valence-electron chi connectivity index (χ3n) is 8.73. The molecule has 0 saturated heterocycles. The van der Waals surface area contributed by atoms with E-state index < -0.39 is 27.3 Å². The minimum Gasteiger partial charge on any atom is -0.487 e. The molecule has 2 aliphatic heterocycles. The lowest BCUT2D eigenvalue weighted by Gasteiger charge is -2.42. The van der Waals surface area contributed by atoms with Gasteiger partial charge in [-0.05, 0) is 105 Å². The van der Waals surface area contributed by atoms with E-state index in [1.807, 2.05) is 37.3 Å². The van der Waals surface area contributed by atoms with E-state index in [9.17, 15) is 18.3 Å². The molecule has 1 saturated carbocycles. The summed E-state index contributed by atoms with van der Waals surface area (Å²) in [6.45, 7) is 3.65. The first kappa shape index (κ1) is 29.0. The number of anilines is 1. The van der Waals surface area contributed by atoms with Crippen molar-refractivity contribution in [3.8, 4) is 5.75 Å². The zero-order valence-corrected chi connectivity index (χ0v) is 24.6. The lowest BCUT2D eigenvalue weighted by Crippen LogP contribution is -2.43. The normalized spacial score (nSPS) is 28.0. The fourth-order valence-electron chi connectivity index (χ4n) is 6.14. The molecule has 3 aliphatic rings. The number of fused-ring (bicyclic) bond motifs is 3. The summed E-state index contributed by atoms with van der Waals surface area (Å²) in [5.74, 6) is 0.472. The van der Waals surface area contributed by atoms with Crippen molar-refractivity contribution in [1.29, 1.82) is 0 Å². The first-order valence-corrected chi connectivity index (χ1v) is 16.4. The summed E-state index contributed by atoms with van der Waals surface area (Å²) in [4.78, 5) is 15.5. The van der Waals surface area contributed by atoms with Gasteiger partial charge in [-0.3, -0.25) is 4.79 Å². The topological polar surface area (TPSA) is 95.9 Å². The van der Waals surface area contributed by atoms with Gasteiger partial charge in [0.05, 0.1) is 17.0 Å². The van der Waals surface area contributed by atoms with Gasteiger partial charge in [0, 0.05) is 23.7 Å². The van der Waals surface area contributed by atoms with E-state index in [-0.39, 0.29) is 11.5 Å². The molecule has 4 atom stereocenters. The Morgan fingerprint density at radius 3 is 2.73 bits per heavy atom. The van der Waals surface area contributed by atoms with Crippen molar-refractivity contribution >= 4 is 33.2 Å². The Balaban J connectivity index is 1.53. The average Bonchev–Trinajstić information content (AvgIpc) is 2.93. The van der Waals surface area contributed by atoms with Gasteiger partial charge in [0.2, 0.25) is 10.0 Å². The number of nitrogens with one attached hydrogen (secondary N) is 1. The minimum absolute atomic E-state index is 0.148. The lowest BCUT2D eigenvalue weighted by atomic mass is 9.70. The van der Waals surface area contributed by atoms with Crippen LogP contribution in [-0.4, -0.2) is 43.9 Å². The van der Waals surface area contributed by atoms with Crippen LogP contribution in [0.4, 0.5) is 5.69 Å². The van der Waals surface area contributed by atoms with Gasteiger partial charge < -0.3 is 14.7 Å². The predicted octanol–water partition coefficient (Wildman–Crippen LogP) is 5.64. The highest BCUT2D eigenvalue weighted by Crippen LogP contribution is 2.41. The second-order valence-electron chi connectivity index (χ2n) is 11.3. The van der Waals surface area contributed by atoms with Crippen LogP contribution in [-0.2, 0) is 23.1 Å². The number of allylic oxidation sites excluding steroid dienone is 1. The maximum absolute atomic E-state index is 13.3. The monoisotopic (exact) mass is 586 g/mol. The van der Waals surface area contributed by atoms with Gasteiger partial charge in [-0.25, -0.2) is 13.1 Å². The number of halogens is 1. The van der Waals surface area contributed by atoms with Crippen molar-refractivity contribution in [3.63, 3.8) is 0 Å². The molecule has 216 valence electrons. The van der Waals surface area contributed by atoms with Gasteiger partial charge >= 0.3 is 0 Å². The molecule has 0 radical (unpaired) electrons. The summed E-state index contributed by atoms with van der Waals surface area (Å²) < 4.78 is 34.9. The van der Waals surface area contributed by atoms with Crippen LogP contribution in [0.25, 0.3) is 0 Å². The third kappa shape index (κ3) is 6.50. The zero-order chi connectivity index (χ0) is 28.3. The minimum atomic E-state index is -3.87. The average molecular weight is 587 g/mol. The van der Waals surface area contributed by atoms with E-state index in [1.165, 1.54) is 5.56 Å². The van der Waals surface area contributed by atoms with Crippen LogP contribution in [0.15, 0.2) is 48.6 Å².